The van der Waals surface area contributed by atoms with Crippen LogP contribution in [0.15, 0.2) is 18.3 Å². The van der Waals surface area contributed by atoms with Crippen LogP contribution in [0.5, 0.6) is 0 Å². The molecule has 1 fully saturated rings. The first-order valence-electron chi connectivity index (χ1n) is 4.23. The van der Waals surface area contributed by atoms with Crippen molar-refractivity contribution in [3.8, 4) is 0 Å². The number of aromatic nitrogens is 1. The molecule has 0 atom stereocenters. The first-order valence-corrected chi connectivity index (χ1v) is 4.61. The Balaban J connectivity index is 0.000000845. The maximum absolute atomic E-state index is 6.00. The van der Waals surface area contributed by atoms with Crippen molar-refractivity contribution < 1.29 is 0 Å². The second-order valence-corrected chi connectivity index (χ2v) is 3.41. The summed E-state index contributed by atoms with van der Waals surface area (Å²) in [7, 11) is 0. The van der Waals surface area contributed by atoms with Crippen LogP contribution in [0.1, 0.15) is 12.8 Å². The average Bonchev–Trinajstić information content (AvgIpc) is 2.57. The van der Waals surface area contributed by atoms with Gasteiger partial charge in [0, 0.05) is 19.3 Å². The number of halogens is 2. The topological polar surface area (TPSA) is 16.1 Å². The van der Waals surface area contributed by atoms with E-state index < -0.39 is 0 Å². The lowest BCUT2D eigenvalue weighted by molar-refractivity contribution is 0.938. The van der Waals surface area contributed by atoms with Crippen molar-refractivity contribution >= 4 is 29.8 Å². The minimum atomic E-state index is 0. The van der Waals surface area contributed by atoms with Crippen LogP contribution < -0.4 is 4.90 Å². The van der Waals surface area contributed by atoms with Gasteiger partial charge >= 0.3 is 0 Å². The van der Waals surface area contributed by atoms with Gasteiger partial charge in [-0.25, -0.2) is 4.98 Å². The highest BCUT2D eigenvalue weighted by atomic mass is 35.5. The third kappa shape index (κ3) is 2.26. The van der Waals surface area contributed by atoms with Gasteiger partial charge < -0.3 is 4.90 Å². The molecule has 4 heteroatoms. The molecule has 1 aliphatic rings. The van der Waals surface area contributed by atoms with E-state index in [1.54, 1.807) is 6.20 Å². The zero-order valence-corrected chi connectivity index (χ0v) is 8.81. The first kappa shape index (κ1) is 10.6. The number of hydrogen-bond donors (Lipinski definition) is 0. The first-order chi connectivity index (χ1) is 5.88. The van der Waals surface area contributed by atoms with Crippen molar-refractivity contribution in [3.63, 3.8) is 0 Å². The number of pyridine rings is 1. The van der Waals surface area contributed by atoms with Crippen LogP contribution >= 0.6 is 24.0 Å². The van der Waals surface area contributed by atoms with E-state index in [1.165, 1.54) is 12.8 Å². The second kappa shape index (κ2) is 4.68. The van der Waals surface area contributed by atoms with E-state index in [2.05, 4.69) is 9.88 Å². The summed E-state index contributed by atoms with van der Waals surface area (Å²) in [6.07, 6.45) is 4.30. The van der Waals surface area contributed by atoms with Gasteiger partial charge in [-0.2, -0.15) is 0 Å². The fourth-order valence-electron chi connectivity index (χ4n) is 1.54. The number of rotatable bonds is 1. The number of nitrogens with zero attached hydrogens (tertiary/aromatic N) is 2. The Morgan fingerprint density at radius 1 is 1.31 bits per heavy atom. The number of anilines is 1. The molecule has 13 heavy (non-hydrogen) atoms. The van der Waals surface area contributed by atoms with Gasteiger partial charge in [0.05, 0.1) is 5.02 Å². The molecule has 0 amide bonds. The third-order valence-corrected chi connectivity index (χ3v) is 2.44. The van der Waals surface area contributed by atoms with E-state index in [1.807, 2.05) is 12.1 Å². The predicted molar refractivity (Wildman–Crippen MR) is 57.9 cm³/mol. The van der Waals surface area contributed by atoms with Crippen LogP contribution in [0, 0.1) is 0 Å². The minimum absolute atomic E-state index is 0. The van der Waals surface area contributed by atoms with Crippen LogP contribution in [-0.2, 0) is 0 Å². The van der Waals surface area contributed by atoms with Gasteiger partial charge in [0.1, 0.15) is 5.82 Å². The maximum Gasteiger partial charge on any atom is 0.147 e. The van der Waals surface area contributed by atoms with Gasteiger partial charge in [-0.15, -0.1) is 12.4 Å². The van der Waals surface area contributed by atoms with E-state index in [0.29, 0.717) is 0 Å². The van der Waals surface area contributed by atoms with Gasteiger partial charge in [-0.3, -0.25) is 0 Å². The molecule has 0 radical (unpaired) electrons. The van der Waals surface area contributed by atoms with Crippen molar-refractivity contribution in [1.82, 2.24) is 4.98 Å². The molecule has 72 valence electrons. The Labute approximate surface area is 89.3 Å². The highest BCUT2D eigenvalue weighted by Gasteiger charge is 2.15. The molecule has 0 bridgehead atoms. The monoisotopic (exact) mass is 218 g/mol. The highest BCUT2D eigenvalue weighted by molar-refractivity contribution is 6.32. The smallest absolute Gasteiger partial charge is 0.147 e. The fourth-order valence-corrected chi connectivity index (χ4v) is 1.78. The van der Waals surface area contributed by atoms with Gasteiger partial charge in [0.15, 0.2) is 0 Å². The molecule has 1 aromatic heterocycles. The third-order valence-electron chi connectivity index (χ3n) is 2.14. The van der Waals surface area contributed by atoms with E-state index in [9.17, 15) is 0 Å². The van der Waals surface area contributed by atoms with E-state index >= 15 is 0 Å². The molecule has 2 heterocycles. The predicted octanol–water partition coefficient (Wildman–Crippen LogP) is 2.76. The molecular formula is C9H12Cl2N2. The fraction of sp³-hybridized carbons (Fsp3) is 0.444. The molecule has 0 aliphatic carbocycles. The summed E-state index contributed by atoms with van der Waals surface area (Å²) in [6, 6.07) is 3.75. The molecule has 2 rings (SSSR count). The van der Waals surface area contributed by atoms with Crippen LogP contribution in [0.4, 0.5) is 5.82 Å². The summed E-state index contributed by atoms with van der Waals surface area (Å²) >= 11 is 6.00. The summed E-state index contributed by atoms with van der Waals surface area (Å²) < 4.78 is 0. The Bertz CT molecular complexity index is 272. The SMILES string of the molecule is Cl.Clc1cccnc1N1CCCC1. The Morgan fingerprint density at radius 3 is 2.62 bits per heavy atom. The standard InChI is InChI=1S/C9H11ClN2.ClH/c10-8-4-3-5-11-9(8)12-6-1-2-7-12;/h3-5H,1-2,6-7H2;1H. The zero-order valence-electron chi connectivity index (χ0n) is 7.24. The quantitative estimate of drug-likeness (QED) is 0.721. The molecule has 0 spiro atoms. The summed E-state index contributed by atoms with van der Waals surface area (Å²) in [5, 5.41) is 0.763. The van der Waals surface area contributed by atoms with Gasteiger partial charge in [-0.1, -0.05) is 11.6 Å². The molecule has 1 saturated heterocycles. The van der Waals surface area contributed by atoms with E-state index in [0.717, 1.165) is 23.9 Å². The lowest BCUT2D eigenvalue weighted by atomic mass is 10.4. The van der Waals surface area contributed by atoms with E-state index in [-0.39, 0.29) is 12.4 Å². The molecule has 1 aliphatic heterocycles. The Morgan fingerprint density at radius 2 is 2.00 bits per heavy atom. The molecule has 2 nitrogen and oxygen atoms in total. The molecular weight excluding hydrogens is 207 g/mol. The summed E-state index contributed by atoms with van der Waals surface area (Å²) in [5.74, 6) is 0.941. The molecule has 0 aromatic carbocycles. The van der Waals surface area contributed by atoms with Gasteiger partial charge in [-0.05, 0) is 25.0 Å². The van der Waals surface area contributed by atoms with Crippen molar-refractivity contribution in [2.24, 2.45) is 0 Å². The number of hydrogen-bond acceptors (Lipinski definition) is 2. The lowest BCUT2D eigenvalue weighted by Gasteiger charge is -2.16. The normalized spacial score (nSPS) is 15.6. The molecule has 1 aromatic rings. The van der Waals surface area contributed by atoms with Crippen LogP contribution in [-0.4, -0.2) is 18.1 Å². The van der Waals surface area contributed by atoms with Crippen molar-refractivity contribution in [1.29, 1.82) is 0 Å². The van der Waals surface area contributed by atoms with Crippen LogP contribution in [0.3, 0.4) is 0 Å². The van der Waals surface area contributed by atoms with Gasteiger partial charge in [0.2, 0.25) is 0 Å². The second-order valence-electron chi connectivity index (χ2n) is 3.00. The average molecular weight is 219 g/mol. The highest BCUT2D eigenvalue weighted by Crippen LogP contribution is 2.25. The molecule has 0 saturated carbocycles. The lowest BCUT2D eigenvalue weighted by Crippen LogP contribution is -2.19. The summed E-state index contributed by atoms with van der Waals surface area (Å²) in [4.78, 5) is 6.49. The summed E-state index contributed by atoms with van der Waals surface area (Å²) in [6.45, 7) is 2.19. The van der Waals surface area contributed by atoms with Gasteiger partial charge in [0.25, 0.3) is 0 Å². The Hall–Kier alpha value is -0.470. The largest absolute Gasteiger partial charge is 0.355 e. The van der Waals surface area contributed by atoms with Crippen molar-refractivity contribution in [2.45, 2.75) is 12.8 Å². The van der Waals surface area contributed by atoms with Crippen LogP contribution in [0.2, 0.25) is 5.02 Å². The zero-order chi connectivity index (χ0) is 8.39. The maximum atomic E-state index is 6.00. The van der Waals surface area contributed by atoms with Crippen LogP contribution in [0.25, 0.3) is 0 Å². The Kier molecular flexibility index (Phi) is 3.82. The molecule has 0 N–H and O–H groups in total. The minimum Gasteiger partial charge on any atom is -0.355 e. The summed E-state index contributed by atoms with van der Waals surface area (Å²) in [5.41, 5.74) is 0. The van der Waals surface area contributed by atoms with E-state index in [4.69, 9.17) is 11.6 Å². The molecule has 0 unspecified atom stereocenters. The van der Waals surface area contributed by atoms with Crippen molar-refractivity contribution in [3.05, 3.63) is 23.4 Å². The van der Waals surface area contributed by atoms with Crippen molar-refractivity contribution in [2.75, 3.05) is 18.0 Å².